The number of benzene rings is 1. The Kier molecular flexibility index (Phi) is 6.53. The van der Waals surface area contributed by atoms with E-state index in [4.69, 9.17) is 13.9 Å². The van der Waals surface area contributed by atoms with Crippen molar-refractivity contribution in [3.05, 3.63) is 47.0 Å². The first-order chi connectivity index (χ1) is 12.9. The van der Waals surface area contributed by atoms with Gasteiger partial charge in [0.05, 0.1) is 13.2 Å². The van der Waals surface area contributed by atoms with Gasteiger partial charge in [0.2, 0.25) is 5.88 Å². The van der Waals surface area contributed by atoms with E-state index in [1.807, 2.05) is 0 Å². The molecule has 0 fully saturated rings. The summed E-state index contributed by atoms with van der Waals surface area (Å²) in [5.41, 5.74) is -0.0325. The van der Waals surface area contributed by atoms with Crippen LogP contribution in [-0.2, 0) is 9.47 Å². The van der Waals surface area contributed by atoms with Crippen LogP contribution in [-0.4, -0.2) is 31.2 Å². The highest BCUT2D eigenvalue weighted by Crippen LogP contribution is 2.29. The Morgan fingerprint density at radius 3 is 2.07 bits per heavy atom. The van der Waals surface area contributed by atoms with Gasteiger partial charge in [0.15, 0.2) is 0 Å². The van der Waals surface area contributed by atoms with Gasteiger partial charge in [0, 0.05) is 5.69 Å². The highest BCUT2D eigenvalue weighted by molar-refractivity contribution is 6.10. The maximum atomic E-state index is 12.9. The number of halogens is 1. The SMILES string of the molecule is CCOC(=O)c1c(C)oc(NC(=O)Nc2ccc(F)cc2)c1C(=O)OCC. The van der Waals surface area contributed by atoms with E-state index in [1.165, 1.54) is 31.2 Å². The summed E-state index contributed by atoms with van der Waals surface area (Å²) in [5.74, 6) is -2.23. The predicted molar refractivity (Wildman–Crippen MR) is 94.4 cm³/mol. The average molecular weight is 378 g/mol. The van der Waals surface area contributed by atoms with E-state index in [2.05, 4.69) is 10.6 Å². The predicted octanol–water partition coefficient (Wildman–Crippen LogP) is 3.72. The summed E-state index contributed by atoms with van der Waals surface area (Å²) in [7, 11) is 0. The second-order valence-corrected chi connectivity index (χ2v) is 5.26. The lowest BCUT2D eigenvalue weighted by molar-refractivity contribution is 0.0480. The van der Waals surface area contributed by atoms with Gasteiger partial charge in [-0.05, 0) is 45.0 Å². The quantitative estimate of drug-likeness (QED) is 0.742. The van der Waals surface area contributed by atoms with Crippen LogP contribution in [0, 0.1) is 12.7 Å². The van der Waals surface area contributed by atoms with Crippen molar-refractivity contribution >= 4 is 29.5 Å². The molecule has 1 aromatic carbocycles. The second kappa shape index (κ2) is 8.84. The Bertz CT molecular complexity index is 844. The molecule has 0 saturated heterocycles. The van der Waals surface area contributed by atoms with Crippen molar-refractivity contribution in [3.63, 3.8) is 0 Å². The smallest absolute Gasteiger partial charge is 0.344 e. The Hall–Kier alpha value is -3.36. The van der Waals surface area contributed by atoms with Crippen LogP contribution in [0.3, 0.4) is 0 Å². The first-order valence-corrected chi connectivity index (χ1v) is 8.18. The van der Waals surface area contributed by atoms with Crippen LogP contribution in [0.25, 0.3) is 0 Å². The fourth-order valence-corrected chi connectivity index (χ4v) is 2.28. The van der Waals surface area contributed by atoms with Crippen molar-refractivity contribution in [2.24, 2.45) is 0 Å². The molecule has 8 nitrogen and oxygen atoms in total. The second-order valence-electron chi connectivity index (χ2n) is 5.26. The molecule has 2 rings (SSSR count). The summed E-state index contributed by atoms with van der Waals surface area (Å²) < 4.78 is 28.2. The molecule has 144 valence electrons. The van der Waals surface area contributed by atoms with E-state index < -0.39 is 23.8 Å². The summed E-state index contributed by atoms with van der Waals surface area (Å²) in [6.45, 7) is 4.83. The third kappa shape index (κ3) is 4.84. The van der Waals surface area contributed by atoms with Crippen LogP contribution in [0.4, 0.5) is 20.8 Å². The number of hydrogen-bond donors (Lipinski definition) is 2. The van der Waals surface area contributed by atoms with Gasteiger partial charge in [-0.1, -0.05) is 0 Å². The zero-order valence-electron chi connectivity index (χ0n) is 15.1. The maximum absolute atomic E-state index is 12.9. The molecule has 0 unspecified atom stereocenters. The number of urea groups is 1. The molecular formula is C18H19FN2O6. The van der Waals surface area contributed by atoms with Gasteiger partial charge in [-0.2, -0.15) is 0 Å². The van der Waals surface area contributed by atoms with Crippen molar-refractivity contribution < 1.29 is 32.7 Å². The molecule has 1 aromatic heterocycles. The first-order valence-electron chi connectivity index (χ1n) is 8.18. The topological polar surface area (TPSA) is 107 Å². The summed E-state index contributed by atoms with van der Waals surface area (Å²) in [6.07, 6.45) is 0. The Labute approximate surface area is 154 Å². The van der Waals surface area contributed by atoms with E-state index in [0.717, 1.165) is 0 Å². The number of furan rings is 1. The third-order valence-corrected chi connectivity index (χ3v) is 3.37. The molecule has 2 aromatic rings. The van der Waals surface area contributed by atoms with Crippen LogP contribution in [0.1, 0.15) is 40.3 Å². The maximum Gasteiger partial charge on any atom is 0.344 e. The van der Waals surface area contributed by atoms with Crippen molar-refractivity contribution in [2.75, 3.05) is 23.8 Å². The number of rotatable bonds is 6. The minimum atomic E-state index is -0.838. The van der Waals surface area contributed by atoms with Crippen LogP contribution in [0.15, 0.2) is 28.7 Å². The monoisotopic (exact) mass is 378 g/mol. The molecule has 0 saturated carbocycles. The zero-order valence-corrected chi connectivity index (χ0v) is 15.1. The number of ether oxygens (including phenoxy) is 2. The number of anilines is 2. The molecule has 0 aliphatic rings. The van der Waals surface area contributed by atoms with Crippen LogP contribution >= 0.6 is 0 Å². The molecule has 0 radical (unpaired) electrons. The molecule has 27 heavy (non-hydrogen) atoms. The minimum absolute atomic E-state index is 0.0620. The lowest BCUT2D eigenvalue weighted by Gasteiger charge is -2.08. The largest absolute Gasteiger partial charge is 0.462 e. The van der Waals surface area contributed by atoms with Gasteiger partial charge in [-0.25, -0.2) is 18.8 Å². The molecule has 1 heterocycles. The van der Waals surface area contributed by atoms with Crippen LogP contribution in [0.5, 0.6) is 0 Å². The van der Waals surface area contributed by atoms with E-state index in [9.17, 15) is 18.8 Å². The van der Waals surface area contributed by atoms with Crippen molar-refractivity contribution in [1.82, 2.24) is 0 Å². The standard InChI is InChI=1S/C18H19FN2O6/c1-4-25-16(22)13-10(3)27-15(14(13)17(23)26-5-2)21-18(24)20-12-8-6-11(19)7-9-12/h6-9H,4-5H2,1-3H3,(H2,20,21,24). The lowest BCUT2D eigenvalue weighted by Crippen LogP contribution is -2.21. The average Bonchev–Trinajstić information content (AvgIpc) is 2.93. The van der Waals surface area contributed by atoms with Gasteiger partial charge < -0.3 is 19.2 Å². The van der Waals surface area contributed by atoms with E-state index in [1.54, 1.807) is 13.8 Å². The molecule has 2 N–H and O–H groups in total. The molecule has 0 aliphatic heterocycles. The Balaban J connectivity index is 2.30. The number of carbonyl (C=O) groups is 3. The van der Waals surface area contributed by atoms with Crippen molar-refractivity contribution in [1.29, 1.82) is 0 Å². The van der Waals surface area contributed by atoms with Gasteiger partial charge in [-0.3, -0.25) is 5.32 Å². The molecule has 0 bridgehead atoms. The zero-order chi connectivity index (χ0) is 20.0. The van der Waals surface area contributed by atoms with E-state index in [0.29, 0.717) is 5.69 Å². The third-order valence-electron chi connectivity index (χ3n) is 3.37. The van der Waals surface area contributed by atoms with Crippen molar-refractivity contribution in [2.45, 2.75) is 20.8 Å². The van der Waals surface area contributed by atoms with Gasteiger partial charge in [0.25, 0.3) is 0 Å². The van der Waals surface area contributed by atoms with Crippen molar-refractivity contribution in [3.8, 4) is 0 Å². The van der Waals surface area contributed by atoms with Gasteiger partial charge in [-0.15, -0.1) is 0 Å². The number of carbonyl (C=O) groups excluding carboxylic acids is 3. The fourth-order valence-electron chi connectivity index (χ4n) is 2.28. The highest BCUT2D eigenvalue weighted by Gasteiger charge is 2.31. The van der Waals surface area contributed by atoms with E-state index >= 15 is 0 Å². The molecule has 9 heteroatoms. The normalized spacial score (nSPS) is 10.2. The first kappa shape index (κ1) is 20.0. The van der Waals surface area contributed by atoms with Crippen LogP contribution < -0.4 is 10.6 Å². The lowest BCUT2D eigenvalue weighted by atomic mass is 10.1. The molecule has 0 aliphatic carbocycles. The summed E-state index contributed by atoms with van der Waals surface area (Å²) >= 11 is 0. The summed E-state index contributed by atoms with van der Waals surface area (Å²) in [6, 6.07) is 4.32. The molecule has 0 atom stereocenters. The Morgan fingerprint density at radius 2 is 1.52 bits per heavy atom. The highest BCUT2D eigenvalue weighted by atomic mass is 19.1. The number of nitrogens with one attached hydrogen (secondary N) is 2. The Morgan fingerprint density at radius 1 is 0.963 bits per heavy atom. The molecule has 2 amide bonds. The molecular weight excluding hydrogens is 359 g/mol. The minimum Gasteiger partial charge on any atom is -0.462 e. The van der Waals surface area contributed by atoms with Gasteiger partial charge >= 0.3 is 18.0 Å². The number of amides is 2. The number of aryl methyl sites for hydroxylation is 1. The molecule has 0 spiro atoms. The number of esters is 2. The fraction of sp³-hybridized carbons (Fsp3) is 0.278. The number of hydrogen-bond acceptors (Lipinski definition) is 6. The summed E-state index contributed by atoms with van der Waals surface area (Å²) in [5, 5.41) is 4.81. The summed E-state index contributed by atoms with van der Waals surface area (Å²) in [4.78, 5) is 36.6. The van der Waals surface area contributed by atoms with Crippen LogP contribution in [0.2, 0.25) is 0 Å². The van der Waals surface area contributed by atoms with E-state index in [-0.39, 0.29) is 36.0 Å². The van der Waals surface area contributed by atoms with Gasteiger partial charge in [0.1, 0.15) is 22.7 Å².